The fourth-order valence-corrected chi connectivity index (χ4v) is 4.67. The summed E-state index contributed by atoms with van der Waals surface area (Å²) in [6.45, 7) is 5.51. The van der Waals surface area contributed by atoms with Gasteiger partial charge in [0, 0.05) is 22.6 Å². The zero-order valence-corrected chi connectivity index (χ0v) is 21.9. The molecule has 2 N–H and O–H groups in total. The summed E-state index contributed by atoms with van der Waals surface area (Å²) in [4.78, 5) is 38.5. The molecule has 0 saturated carbocycles. The molecule has 0 radical (unpaired) electrons. The van der Waals surface area contributed by atoms with Gasteiger partial charge in [-0.05, 0) is 82.0 Å². The molecule has 1 aliphatic heterocycles. The molecule has 2 amide bonds. The number of anilines is 1. The highest BCUT2D eigenvalue weighted by Gasteiger charge is 2.37. The summed E-state index contributed by atoms with van der Waals surface area (Å²) in [5.41, 5.74) is 0.376. The monoisotopic (exact) mass is 546 g/mol. The molecule has 38 heavy (non-hydrogen) atoms. The molecule has 0 bridgehead atoms. The van der Waals surface area contributed by atoms with Gasteiger partial charge in [-0.2, -0.15) is 9.78 Å². The molecule has 1 unspecified atom stereocenters. The fraction of sp³-hybridized carbons (Fsp3) is 0.385. The van der Waals surface area contributed by atoms with E-state index >= 15 is 0 Å². The van der Waals surface area contributed by atoms with Gasteiger partial charge in [0.15, 0.2) is 0 Å². The van der Waals surface area contributed by atoms with E-state index in [0.29, 0.717) is 29.4 Å². The number of carboxylic acid groups (broad SMARTS) is 1. The van der Waals surface area contributed by atoms with E-state index < -0.39 is 41.8 Å². The SMILES string of the molecule is CC(C)(C)OC(=O)n1ncc2cc(NC(=O)OC(c3cc(F)cc(Cl)c3)[C@H]3CCCCN3C(=O)O)ccc21. The zero-order valence-electron chi connectivity index (χ0n) is 21.1. The molecular weight excluding hydrogens is 519 g/mol. The van der Waals surface area contributed by atoms with Crippen molar-refractivity contribution in [3.63, 3.8) is 0 Å². The molecule has 0 spiro atoms. The number of halogens is 2. The first-order valence-corrected chi connectivity index (χ1v) is 12.4. The van der Waals surface area contributed by atoms with Gasteiger partial charge >= 0.3 is 18.3 Å². The third-order valence-electron chi connectivity index (χ3n) is 5.97. The van der Waals surface area contributed by atoms with Crippen molar-refractivity contribution >= 4 is 46.5 Å². The summed E-state index contributed by atoms with van der Waals surface area (Å²) in [6.07, 6.45) is -0.490. The van der Waals surface area contributed by atoms with Crippen LogP contribution in [0.2, 0.25) is 5.02 Å². The number of likely N-dealkylation sites (tertiary alicyclic amines) is 1. The van der Waals surface area contributed by atoms with Crippen molar-refractivity contribution in [2.24, 2.45) is 0 Å². The van der Waals surface area contributed by atoms with Gasteiger partial charge in [0.1, 0.15) is 17.5 Å². The van der Waals surface area contributed by atoms with Gasteiger partial charge in [0.2, 0.25) is 0 Å². The third kappa shape index (κ3) is 6.34. The molecule has 2 aromatic carbocycles. The van der Waals surface area contributed by atoms with Crippen molar-refractivity contribution < 1.29 is 33.4 Å². The van der Waals surface area contributed by atoms with E-state index in [-0.39, 0.29) is 17.1 Å². The quantitative estimate of drug-likeness (QED) is 0.386. The van der Waals surface area contributed by atoms with E-state index in [1.807, 2.05) is 0 Å². The largest absolute Gasteiger partial charge is 0.465 e. The van der Waals surface area contributed by atoms with Gasteiger partial charge in [-0.15, -0.1) is 0 Å². The number of nitrogens with zero attached hydrogens (tertiary/aromatic N) is 3. The average Bonchev–Trinajstić information content (AvgIpc) is 3.24. The van der Waals surface area contributed by atoms with Crippen LogP contribution in [0.4, 0.5) is 24.5 Å². The van der Waals surface area contributed by atoms with E-state index in [2.05, 4.69) is 10.4 Å². The number of ether oxygens (including phenoxy) is 2. The predicted octanol–water partition coefficient (Wildman–Crippen LogP) is 6.43. The molecule has 202 valence electrons. The minimum Gasteiger partial charge on any atom is -0.465 e. The third-order valence-corrected chi connectivity index (χ3v) is 6.19. The molecule has 1 fully saturated rings. The molecule has 3 aromatic rings. The van der Waals surface area contributed by atoms with Crippen molar-refractivity contribution in [1.82, 2.24) is 14.7 Å². The van der Waals surface area contributed by atoms with Crippen molar-refractivity contribution in [3.05, 3.63) is 59.0 Å². The summed E-state index contributed by atoms with van der Waals surface area (Å²) in [6, 6.07) is 7.78. The number of piperidine rings is 1. The maximum absolute atomic E-state index is 14.2. The molecule has 1 aromatic heterocycles. The Morgan fingerprint density at radius 1 is 1.18 bits per heavy atom. The maximum atomic E-state index is 14.2. The molecule has 1 saturated heterocycles. The van der Waals surface area contributed by atoms with E-state index in [1.54, 1.807) is 39.0 Å². The Hall–Kier alpha value is -3.86. The Balaban J connectivity index is 1.56. The van der Waals surface area contributed by atoms with Gasteiger partial charge in [-0.3, -0.25) is 5.32 Å². The predicted molar refractivity (Wildman–Crippen MR) is 138 cm³/mol. The summed E-state index contributed by atoms with van der Waals surface area (Å²) in [5, 5.41) is 17.1. The standard InChI is InChI=1S/C26H28ClFN4O6/c1-26(2,3)38-25(36)32-20-8-7-19(12-16(20)14-29-32)30-23(33)37-22(15-10-17(27)13-18(28)11-15)21-6-4-5-9-31(21)24(34)35/h7-8,10-14,21-22H,4-6,9H2,1-3H3,(H,30,33)(H,34,35)/t21-,22?/m1/s1. The molecule has 2 heterocycles. The second-order valence-electron chi connectivity index (χ2n) is 10.0. The van der Waals surface area contributed by atoms with Crippen LogP contribution in [0.25, 0.3) is 10.9 Å². The Bertz CT molecular complexity index is 1350. The van der Waals surface area contributed by atoms with E-state index in [0.717, 1.165) is 17.2 Å². The minimum absolute atomic E-state index is 0.0964. The number of amides is 2. The lowest BCUT2D eigenvalue weighted by atomic mass is 9.93. The zero-order chi connectivity index (χ0) is 27.6. The minimum atomic E-state index is -1.15. The van der Waals surface area contributed by atoms with Crippen molar-refractivity contribution in [2.45, 2.75) is 57.8 Å². The summed E-state index contributed by atoms with van der Waals surface area (Å²) >= 11 is 6.05. The Labute approximate surface area is 223 Å². The molecule has 10 nitrogen and oxygen atoms in total. The average molecular weight is 547 g/mol. The Morgan fingerprint density at radius 3 is 2.63 bits per heavy atom. The summed E-state index contributed by atoms with van der Waals surface area (Å²) in [7, 11) is 0. The van der Waals surface area contributed by atoms with Crippen LogP contribution in [0, 0.1) is 5.82 Å². The van der Waals surface area contributed by atoms with Crippen LogP contribution in [-0.4, -0.2) is 56.3 Å². The van der Waals surface area contributed by atoms with Crippen LogP contribution in [0.1, 0.15) is 51.7 Å². The molecule has 1 aliphatic rings. The van der Waals surface area contributed by atoms with E-state index in [1.165, 1.54) is 23.2 Å². The van der Waals surface area contributed by atoms with E-state index in [4.69, 9.17) is 21.1 Å². The van der Waals surface area contributed by atoms with Crippen LogP contribution in [-0.2, 0) is 9.47 Å². The van der Waals surface area contributed by atoms with Crippen LogP contribution in [0.5, 0.6) is 0 Å². The first-order chi connectivity index (χ1) is 17.9. The number of fused-ring (bicyclic) bond motifs is 1. The highest BCUT2D eigenvalue weighted by atomic mass is 35.5. The number of carbonyl (C=O) groups excluding carboxylic acids is 2. The van der Waals surface area contributed by atoms with Crippen LogP contribution in [0.3, 0.4) is 0 Å². The first kappa shape index (κ1) is 27.2. The Morgan fingerprint density at radius 2 is 1.95 bits per heavy atom. The summed E-state index contributed by atoms with van der Waals surface area (Å²) in [5.74, 6) is -0.633. The number of hydrogen-bond donors (Lipinski definition) is 2. The second-order valence-corrected chi connectivity index (χ2v) is 10.4. The lowest BCUT2D eigenvalue weighted by Gasteiger charge is -2.38. The number of rotatable bonds is 4. The van der Waals surface area contributed by atoms with E-state index in [9.17, 15) is 23.9 Å². The number of nitrogens with one attached hydrogen (secondary N) is 1. The lowest BCUT2D eigenvalue weighted by molar-refractivity contribution is 0.0177. The first-order valence-electron chi connectivity index (χ1n) is 12.1. The van der Waals surface area contributed by atoms with Crippen LogP contribution >= 0.6 is 11.6 Å². The van der Waals surface area contributed by atoms with Crippen LogP contribution in [0.15, 0.2) is 42.6 Å². The molecule has 0 aliphatic carbocycles. The molecule has 12 heteroatoms. The highest BCUT2D eigenvalue weighted by Crippen LogP contribution is 2.34. The second kappa shape index (κ2) is 10.9. The Kier molecular flexibility index (Phi) is 7.77. The maximum Gasteiger partial charge on any atom is 0.435 e. The lowest BCUT2D eigenvalue weighted by Crippen LogP contribution is -2.47. The smallest absolute Gasteiger partial charge is 0.435 e. The highest BCUT2D eigenvalue weighted by molar-refractivity contribution is 6.30. The van der Waals surface area contributed by atoms with Gasteiger partial charge < -0.3 is 19.5 Å². The number of aromatic nitrogens is 2. The molecule has 4 rings (SSSR count). The fourth-order valence-electron chi connectivity index (χ4n) is 4.44. The van der Waals surface area contributed by atoms with Crippen molar-refractivity contribution in [3.8, 4) is 0 Å². The van der Waals surface area contributed by atoms with Gasteiger partial charge in [-0.25, -0.2) is 18.8 Å². The number of hydrogen-bond acceptors (Lipinski definition) is 6. The summed E-state index contributed by atoms with van der Waals surface area (Å²) < 4.78 is 26.4. The normalized spacial score (nSPS) is 16.7. The van der Waals surface area contributed by atoms with Gasteiger partial charge in [0.05, 0.1) is 17.8 Å². The van der Waals surface area contributed by atoms with Crippen LogP contribution < -0.4 is 5.32 Å². The number of carbonyl (C=O) groups is 3. The topological polar surface area (TPSA) is 123 Å². The number of benzene rings is 2. The van der Waals surface area contributed by atoms with Crippen molar-refractivity contribution in [1.29, 1.82) is 0 Å². The molecular formula is C26H28ClFN4O6. The van der Waals surface area contributed by atoms with Gasteiger partial charge in [0.25, 0.3) is 0 Å². The van der Waals surface area contributed by atoms with Crippen molar-refractivity contribution in [2.75, 3.05) is 11.9 Å². The molecule has 2 atom stereocenters. The van der Waals surface area contributed by atoms with Gasteiger partial charge in [-0.1, -0.05) is 11.6 Å².